The van der Waals surface area contributed by atoms with Crippen LogP contribution in [0, 0.1) is 11.3 Å². The Morgan fingerprint density at radius 2 is 1.86 bits per heavy atom. The van der Waals surface area contributed by atoms with Crippen LogP contribution in [-0.2, 0) is 19.6 Å². The summed E-state index contributed by atoms with van der Waals surface area (Å²) in [6, 6.07) is 19.9. The Morgan fingerprint density at radius 1 is 1.07 bits per heavy atom. The van der Waals surface area contributed by atoms with Gasteiger partial charge in [0.2, 0.25) is 0 Å². The predicted octanol–water partition coefficient (Wildman–Crippen LogP) is 3.29. The molecule has 3 aromatic rings. The maximum absolute atomic E-state index is 9.00. The van der Waals surface area contributed by atoms with Crippen LogP contribution < -0.4 is 10.6 Å². The van der Waals surface area contributed by atoms with Crippen molar-refractivity contribution in [3.05, 3.63) is 89.2 Å². The Kier molecular flexibility index (Phi) is 8.49. The number of aliphatic imine (C=N–C) groups is 1. The lowest BCUT2D eigenvalue weighted by molar-refractivity contribution is 0.677. The molecule has 0 fully saturated rings. The number of nitriles is 1. The van der Waals surface area contributed by atoms with E-state index in [1.807, 2.05) is 47.3 Å². The maximum atomic E-state index is 9.00. The van der Waals surface area contributed by atoms with Crippen molar-refractivity contribution in [3.63, 3.8) is 0 Å². The summed E-state index contributed by atoms with van der Waals surface area (Å²) in [7, 11) is 1.75. The molecule has 0 bridgehead atoms. The second kappa shape index (κ2) is 11.1. The van der Waals surface area contributed by atoms with Crippen molar-refractivity contribution in [3.8, 4) is 6.07 Å². The first-order valence-electron chi connectivity index (χ1n) is 8.76. The van der Waals surface area contributed by atoms with E-state index >= 15 is 0 Å². The predicted molar refractivity (Wildman–Crippen MR) is 121 cm³/mol. The fraction of sp³-hybridized carbons (Fsp3) is 0.190. The van der Waals surface area contributed by atoms with E-state index in [0.717, 1.165) is 12.1 Å². The average Bonchev–Trinajstić information content (AvgIpc) is 3.22. The van der Waals surface area contributed by atoms with Gasteiger partial charge in [-0.3, -0.25) is 9.67 Å². The summed E-state index contributed by atoms with van der Waals surface area (Å²) in [6.45, 7) is 2.00. The number of aromatic nitrogens is 2. The lowest BCUT2D eigenvalue weighted by atomic mass is 10.1. The zero-order chi connectivity index (χ0) is 18.9. The third-order valence-electron chi connectivity index (χ3n) is 4.20. The van der Waals surface area contributed by atoms with E-state index in [0.29, 0.717) is 24.6 Å². The van der Waals surface area contributed by atoms with Gasteiger partial charge in [0.25, 0.3) is 0 Å². The molecule has 0 spiro atoms. The van der Waals surface area contributed by atoms with E-state index in [2.05, 4.69) is 38.9 Å². The van der Waals surface area contributed by atoms with Crippen LogP contribution in [0.4, 0.5) is 0 Å². The second-order valence-electron chi connectivity index (χ2n) is 6.06. The summed E-state index contributed by atoms with van der Waals surface area (Å²) in [4.78, 5) is 4.28. The van der Waals surface area contributed by atoms with Crippen LogP contribution in [-0.4, -0.2) is 22.8 Å². The first-order chi connectivity index (χ1) is 13.3. The zero-order valence-electron chi connectivity index (χ0n) is 15.7. The Morgan fingerprint density at radius 3 is 2.57 bits per heavy atom. The summed E-state index contributed by atoms with van der Waals surface area (Å²) in [6.07, 6.45) is 3.74. The minimum Gasteiger partial charge on any atom is -0.352 e. The van der Waals surface area contributed by atoms with E-state index in [-0.39, 0.29) is 24.0 Å². The SMILES string of the molecule is CN=C(NCc1cccc(C#N)c1)NCc1ccccc1Cn1cccn1.I. The molecular formula is C21H23IN6. The molecular weight excluding hydrogens is 463 g/mol. The number of hydrogen-bond acceptors (Lipinski definition) is 3. The van der Waals surface area contributed by atoms with E-state index in [1.165, 1.54) is 11.1 Å². The van der Waals surface area contributed by atoms with Gasteiger partial charge in [-0.15, -0.1) is 24.0 Å². The Hall–Kier alpha value is -2.86. The lowest BCUT2D eigenvalue weighted by Crippen LogP contribution is -2.36. The Balaban J connectivity index is 0.00000280. The molecule has 7 heteroatoms. The second-order valence-corrected chi connectivity index (χ2v) is 6.06. The van der Waals surface area contributed by atoms with Crippen LogP contribution in [0.1, 0.15) is 22.3 Å². The lowest BCUT2D eigenvalue weighted by Gasteiger charge is -2.14. The third-order valence-corrected chi connectivity index (χ3v) is 4.20. The molecule has 0 atom stereocenters. The van der Waals surface area contributed by atoms with Crippen molar-refractivity contribution in [1.82, 2.24) is 20.4 Å². The first kappa shape index (κ1) is 21.4. The van der Waals surface area contributed by atoms with Crippen molar-refractivity contribution in [2.45, 2.75) is 19.6 Å². The Bertz CT molecular complexity index is 944. The molecule has 0 radical (unpaired) electrons. The van der Waals surface area contributed by atoms with Gasteiger partial charge in [0.05, 0.1) is 18.2 Å². The van der Waals surface area contributed by atoms with Crippen LogP contribution >= 0.6 is 24.0 Å². The topological polar surface area (TPSA) is 78.0 Å². The molecule has 0 saturated heterocycles. The standard InChI is InChI=1S/C21H22N6.HI/c1-23-21(24-14-18-7-4-6-17(12-18)13-22)25-15-19-8-2-3-9-20(19)16-27-11-5-10-26-27;/h2-12H,14-16H2,1H3,(H2,23,24,25);1H. The van der Waals surface area contributed by atoms with Gasteiger partial charge < -0.3 is 10.6 Å². The molecule has 0 aliphatic carbocycles. The summed E-state index contributed by atoms with van der Waals surface area (Å²) < 4.78 is 1.91. The van der Waals surface area contributed by atoms with Gasteiger partial charge in [0.15, 0.2) is 5.96 Å². The molecule has 0 amide bonds. The highest BCUT2D eigenvalue weighted by Crippen LogP contribution is 2.10. The summed E-state index contributed by atoms with van der Waals surface area (Å²) in [5.74, 6) is 0.714. The van der Waals surface area contributed by atoms with Gasteiger partial charge in [-0.2, -0.15) is 10.4 Å². The number of benzene rings is 2. The summed E-state index contributed by atoms with van der Waals surface area (Å²) >= 11 is 0. The smallest absolute Gasteiger partial charge is 0.191 e. The molecule has 0 saturated carbocycles. The van der Waals surface area contributed by atoms with Crippen molar-refractivity contribution in [2.75, 3.05) is 7.05 Å². The van der Waals surface area contributed by atoms with Crippen LogP contribution in [0.3, 0.4) is 0 Å². The molecule has 1 heterocycles. The van der Waals surface area contributed by atoms with Crippen LogP contribution in [0.5, 0.6) is 0 Å². The molecule has 6 nitrogen and oxygen atoms in total. The quantitative estimate of drug-likeness (QED) is 0.319. The van der Waals surface area contributed by atoms with E-state index in [9.17, 15) is 0 Å². The largest absolute Gasteiger partial charge is 0.352 e. The number of halogens is 1. The highest BCUT2D eigenvalue weighted by molar-refractivity contribution is 14.0. The van der Waals surface area contributed by atoms with Crippen molar-refractivity contribution < 1.29 is 0 Å². The van der Waals surface area contributed by atoms with Gasteiger partial charge in [0, 0.05) is 32.5 Å². The van der Waals surface area contributed by atoms with Crippen LogP contribution in [0.25, 0.3) is 0 Å². The number of nitrogens with zero attached hydrogens (tertiary/aromatic N) is 4. The fourth-order valence-electron chi connectivity index (χ4n) is 2.79. The monoisotopic (exact) mass is 486 g/mol. The van der Waals surface area contributed by atoms with Gasteiger partial charge in [0.1, 0.15) is 0 Å². The van der Waals surface area contributed by atoms with Crippen LogP contribution in [0.15, 0.2) is 72.0 Å². The first-order valence-corrected chi connectivity index (χ1v) is 8.76. The average molecular weight is 486 g/mol. The molecule has 0 aliphatic rings. The van der Waals surface area contributed by atoms with E-state index < -0.39 is 0 Å². The van der Waals surface area contributed by atoms with Crippen molar-refractivity contribution in [1.29, 1.82) is 5.26 Å². The van der Waals surface area contributed by atoms with Gasteiger partial charge >= 0.3 is 0 Å². The normalized spacial score (nSPS) is 10.6. The molecule has 28 heavy (non-hydrogen) atoms. The maximum Gasteiger partial charge on any atom is 0.191 e. The molecule has 3 rings (SSSR count). The van der Waals surface area contributed by atoms with Crippen molar-refractivity contribution >= 4 is 29.9 Å². The zero-order valence-corrected chi connectivity index (χ0v) is 18.0. The minimum absolute atomic E-state index is 0. The van der Waals surface area contributed by atoms with Crippen LogP contribution in [0.2, 0.25) is 0 Å². The third kappa shape index (κ3) is 6.09. The number of hydrogen-bond donors (Lipinski definition) is 2. The highest BCUT2D eigenvalue weighted by atomic mass is 127. The fourth-order valence-corrected chi connectivity index (χ4v) is 2.79. The molecule has 0 unspecified atom stereocenters. The number of guanidine groups is 1. The van der Waals surface area contributed by atoms with Gasteiger partial charge in [-0.1, -0.05) is 36.4 Å². The minimum atomic E-state index is 0. The number of nitrogens with one attached hydrogen (secondary N) is 2. The summed E-state index contributed by atoms with van der Waals surface area (Å²) in [5.41, 5.74) is 4.11. The van der Waals surface area contributed by atoms with Crippen molar-refractivity contribution in [2.24, 2.45) is 4.99 Å². The van der Waals surface area contributed by atoms with E-state index in [1.54, 1.807) is 19.3 Å². The Labute approximate surface area is 182 Å². The molecule has 2 N–H and O–H groups in total. The van der Waals surface area contributed by atoms with E-state index in [4.69, 9.17) is 5.26 Å². The van der Waals surface area contributed by atoms with Gasteiger partial charge in [-0.25, -0.2) is 0 Å². The van der Waals surface area contributed by atoms with Gasteiger partial charge in [-0.05, 0) is 34.9 Å². The summed E-state index contributed by atoms with van der Waals surface area (Å²) in [5, 5.41) is 19.9. The molecule has 1 aromatic heterocycles. The number of rotatable bonds is 6. The highest BCUT2D eigenvalue weighted by Gasteiger charge is 2.05. The molecule has 0 aliphatic heterocycles. The molecule has 144 valence electrons. The molecule has 2 aromatic carbocycles.